The summed E-state index contributed by atoms with van der Waals surface area (Å²) in [5, 5.41) is 5.56. The van der Waals surface area contributed by atoms with Crippen molar-refractivity contribution in [2.75, 3.05) is 12.4 Å². The quantitative estimate of drug-likeness (QED) is 0.777. The Bertz CT molecular complexity index is 775. The zero-order chi connectivity index (χ0) is 18.2. The molecule has 2 amide bonds. The van der Waals surface area contributed by atoms with Crippen LogP contribution in [0.25, 0.3) is 6.08 Å². The maximum atomic E-state index is 12.1. The van der Waals surface area contributed by atoms with Crippen molar-refractivity contribution in [2.45, 2.75) is 13.0 Å². The van der Waals surface area contributed by atoms with E-state index in [1.807, 2.05) is 12.1 Å². The number of halogens is 1. The van der Waals surface area contributed by atoms with Gasteiger partial charge in [-0.3, -0.25) is 14.6 Å². The molecule has 130 valence electrons. The third kappa shape index (κ3) is 5.61. The minimum absolute atomic E-state index is 0.328. The van der Waals surface area contributed by atoms with Crippen LogP contribution in [0.15, 0.2) is 48.8 Å². The van der Waals surface area contributed by atoms with Crippen LogP contribution in [-0.2, 0) is 9.59 Å². The first kappa shape index (κ1) is 18.5. The molecule has 25 heavy (non-hydrogen) atoms. The van der Waals surface area contributed by atoms with E-state index in [0.717, 1.165) is 11.3 Å². The number of ether oxygens (including phenoxy) is 1. The lowest BCUT2D eigenvalue weighted by Crippen LogP contribution is -2.40. The number of carbonyl (C=O) groups is 2. The van der Waals surface area contributed by atoms with Gasteiger partial charge < -0.3 is 15.4 Å². The molecule has 0 fully saturated rings. The first-order valence-corrected chi connectivity index (χ1v) is 7.90. The predicted molar refractivity (Wildman–Crippen MR) is 97.5 cm³/mol. The summed E-state index contributed by atoms with van der Waals surface area (Å²) in [6.45, 7) is 1.59. The van der Waals surface area contributed by atoms with E-state index >= 15 is 0 Å². The molecule has 0 spiro atoms. The second-order valence-corrected chi connectivity index (χ2v) is 5.59. The highest BCUT2D eigenvalue weighted by atomic mass is 35.5. The monoisotopic (exact) mass is 359 g/mol. The van der Waals surface area contributed by atoms with Crippen LogP contribution in [0, 0.1) is 0 Å². The first-order valence-electron chi connectivity index (χ1n) is 7.52. The van der Waals surface area contributed by atoms with Gasteiger partial charge in [0.05, 0.1) is 17.8 Å². The number of aromatic nitrogens is 1. The van der Waals surface area contributed by atoms with Crippen LogP contribution in [0.1, 0.15) is 12.5 Å². The van der Waals surface area contributed by atoms with Crippen LogP contribution in [0.5, 0.6) is 5.75 Å². The Hall–Kier alpha value is -2.86. The molecule has 7 heteroatoms. The average Bonchev–Trinajstić information content (AvgIpc) is 2.62. The molecule has 0 bridgehead atoms. The van der Waals surface area contributed by atoms with Gasteiger partial charge in [0.25, 0.3) is 0 Å². The van der Waals surface area contributed by atoms with Gasteiger partial charge in [0.15, 0.2) is 0 Å². The van der Waals surface area contributed by atoms with E-state index in [0.29, 0.717) is 10.7 Å². The second-order valence-electron chi connectivity index (χ2n) is 5.18. The minimum atomic E-state index is -0.725. The fourth-order valence-electron chi connectivity index (χ4n) is 1.93. The molecule has 2 rings (SSSR count). The van der Waals surface area contributed by atoms with Crippen molar-refractivity contribution in [2.24, 2.45) is 0 Å². The SMILES string of the molecule is COc1ccc(/C=C/C(=O)NC(C)C(=O)Nc2ccncc2Cl)cc1. The van der Waals surface area contributed by atoms with Crippen molar-refractivity contribution in [3.63, 3.8) is 0 Å². The molecule has 1 heterocycles. The molecule has 1 atom stereocenters. The van der Waals surface area contributed by atoms with E-state index in [1.165, 1.54) is 18.5 Å². The summed E-state index contributed by atoms with van der Waals surface area (Å²) < 4.78 is 5.07. The predicted octanol–water partition coefficient (Wildman–Crippen LogP) is 2.90. The van der Waals surface area contributed by atoms with Crippen LogP contribution in [0.4, 0.5) is 5.69 Å². The summed E-state index contributed by atoms with van der Waals surface area (Å²) in [5.74, 6) is -0.0136. The van der Waals surface area contributed by atoms with E-state index in [1.54, 1.807) is 38.3 Å². The van der Waals surface area contributed by atoms with Gasteiger partial charge in [0.2, 0.25) is 11.8 Å². The Balaban J connectivity index is 1.89. The van der Waals surface area contributed by atoms with Gasteiger partial charge in [0.1, 0.15) is 11.8 Å². The Morgan fingerprint density at radius 3 is 2.60 bits per heavy atom. The molecular formula is C18H18ClN3O3. The van der Waals surface area contributed by atoms with Crippen molar-refractivity contribution in [3.8, 4) is 5.75 Å². The van der Waals surface area contributed by atoms with E-state index in [4.69, 9.17) is 16.3 Å². The smallest absolute Gasteiger partial charge is 0.246 e. The molecule has 0 aliphatic carbocycles. The number of nitrogens with zero attached hydrogens (tertiary/aromatic N) is 1. The number of methoxy groups -OCH3 is 1. The standard InChI is InChI=1S/C18H18ClN3O3/c1-12(18(24)22-16-9-10-20-11-15(16)19)21-17(23)8-5-13-3-6-14(25-2)7-4-13/h3-12H,1-2H3,(H,21,23)(H,20,22,24)/b8-5+. The number of hydrogen-bond donors (Lipinski definition) is 2. The normalized spacial score (nSPS) is 11.8. The molecule has 0 saturated carbocycles. The maximum Gasteiger partial charge on any atom is 0.246 e. The lowest BCUT2D eigenvalue weighted by molar-refractivity contribution is -0.123. The number of nitrogens with one attached hydrogen (secondary N) is 2. The molecule has 0 radical (unpaired) electrons. The second kappa shape index (κ2) is 8.84. The van der Waals surface area contributed by atoms with E-state index in [2.05, 4.69) is 15.6 Å². The van der Waals surface area contributed by atoms with E-state index in [9.17, 15) is 9.59 Å². The molecule has 1 aromatic carbocycles. The van der Waals surface area contributed by atoms with Crippen LogP contribution >= 0.6 is 11.6 Å². The van der Waals surface area contributed by atoms with Crippen LogP contribution < -0.4 is 15.4 Å². The van der Waals surface area contributed by atoms with E-state index < -0.39 is 6.04 Å². The number of amides is 2. The van der Waals surface area contributed by atoms with Gasteiger partial charge in [-0.1, -0.05) is 23.7 Å². The summed E-state index contributed by atoms with van der Waals surface area (Å²) in [4.78, 5) is 27.9. The van der Waals surface area contributed by atoms with Crippen molar-refractivity contribution < 1.29 is 14.3 Å². The highest BCUT2D eigenvalue weighted by Crippen LogP contribution is 2.19. The molecule has 0 saturated heterocycles. The molecule has 0 aliphatic heterocycles. The van der Waals surface area contributed by atoms with Crippen LogP contribution in [-0.4, -0.2) is 29.9 Å². The fourth-order valence-corrected chi connectivity index (χ4v) is 2.10. The highest BCUT2D eigenvalue weighted by Gasteiger charge is 2.15. The molecule has 1 aromatic heterocycles. The number of rotatable bonds is 6. The molecular weight excluding hydrogens is 342 g/mol. The van der Waals surface area contributed by atoms with E-state index in [-0.39, 0.29) is 11.8 Å². The Kier molecular flexibility index (Phi) is 6.54. The maximum absolute atomic E-state index is 12.1. The van der Waals surface area contributed by atoms with Crippen molar-refractivity contribution in [1.82, 2.24) is 10.3 Å². The molecule has 1 unspecified atom stereocenters. The molecule has 2 aromatic rings. The number of carbonyl (C=O) groups excluding carboxylic acids is 2. The highest BCUT2D eigenvalue weighted by molar-refractivity contribution is 6.33. The number of pyridine rings is 1. The summed E-state index contributed by atoms with van der Waals surface area (Å²) in [5.41, 5.74) is 1.29. The molecule has 2 N–H and O–H groups in total. The van der Waals surface area contributed by atoms with Crippen molar-refractivity contribution in [1.29, 1.82) is 0 Å². The number of benzene rings is 1. The topological polar surface area (TPSA) is 80.3 Å². The molecule has 6 nitrogen and oxygen atoms in total. The lowest BCUT2D eigenvalue weighted by atomic mass is 10.2. The molecule has 0 aliphatic rings. The zero-order valence-corrected chi connectivity index (χ0v) is 14.6. The fraction of sp³-hybridized carbons (Fsp3) is 0.167. The summed E-state index contributed by atoms with van der Waals surface area (Å²) >= 11 is 5.93. The largest absolute Gasteiger partial charge is 0.497 e. The third-order valence-corrected chi connectivity index (χ3v) is 3.63. The van der Waals surface area contributed by atoms with Crippen LogP contribution in [0.2, 0.25) is 5.02 Å². The Morgan fingerprint density at radius 2 is 1.96 bits per heavy atom. The Labute approximate surface area is 150 Å². The zero-order valence-electron chi connectivity index (χ0n) is 13.8. The van der Waals surface area contributed by atoms with Gasteiger partial charge in [-0.15, -0.1) is 0 Å². The summed E-state index contributed by atoms with van der Waals surface area (Å²) in [6.07, 6.45) is 5.96. The first-order chi connectivity index (χ1) is 12.0. The van der Waals surface area contributed by atoms with Crippen molar-refractivity contribution in [3.05, 3.63) is 59.4 Å². The van der Waals surface area contributed by atoms with Gasteiger partial charge in [-0.05, 0) is 36.8 Å². The number of anilines is 1. The summed E-state index contributed by atoms with van der Waals surface area (Å²) in [7, 11) is 1.59. The van der Waals surface area contributed by atoms with Crippen LogP contribution in [0.3, 0.4) is 0 Å². The van der Waals surface area contributed by atoms with Gasteiger partial charge in [-0.2, -0.15) is 0 Å². The average molecular weight is 360 g/mol. The van der Waals surface area contributed by atoms with Gasteiger partial charge >= 0.3 is 0 Å². The lowest BCUT2D eigenvalue weighted by Gasteiger charge is -2.13. The number of hydrogen-bond acceptors (Lipinski definition) is 4. The Morgan fingerprint density at radius 1 is 1.24 bits per heavy atom. The minimum Gasteiger partial charge on any atom is -0.497 e. The third-order valence-electron chi connectivity index (χ3n) is 3.33. The van der Waals surface area contributed by atoms with Gasteiger partial charge in [-0.25, -0.2) is 0 Å². The summed E-state index contributed by atoms with van der Waals surface area (Å²) in [6, 6.07) is 8.10. The van der Waals surface area contributed by atoms with Crippen molar-refractivity contribution >= 4 is 35.2 Å². The van der Waals surface area contributed by atoms with Gasteiger partial charge in [0, 0.05) is 18.5 Å².